The molecule has 166 valence electrons. The van der Waals surface area contributed by atoms with Gasteiger partial charge in [-0.25, -0.2) is 9.80 Å². The van der Waals surface area contributed by atoms with E-state index < -0.39 is 12.1 Å². The summed E-state index contributed by atoms with van der Waals surface area (Å²) in [7, 11) is 1.62. The van der Waals surface area contributed by atoms with E-state index in [1.54, 1.807) is 14.0 Å². The summed E-state index contributed by atoms with van der Waals surface area (Å²) in [6.07, 6.45) is 1.55. The number of carbonyl (C=O) groups excluding carboxylic acids is 1. The molecule has 4 aromatic rings. The fraction of sp³-hybridized carbons (Fsp3) is 0.154. The van der Waals surface area contributed by atoms with Crippen LogP contribution >= 0.6 is 0 Å². The molecule has 2 heterocycles. The lowest BCUT2D eigenvalue weighted by Crippen LogP contribution is -2.39. The van der Waals surface area contributed by atoms with E-state index in [1.807, 2.05) is 88.9 Å². The lowest BCUT2D eigenvalue weighted by atomic mass is 10.1. The Morgan fingerprint density at radius 2 is 1.76 bits per heavy atom. The number of carbonyl (C=O) groups is 1. The first-order valence-corrected chi connectivity index (χ1v) is 10.8. The van der Waals surface area contributed by atoms with Gasteiger partial charge in [0, 0.05) is 34.4 Å². The second-order valence-electron chi connectivity index (χ2n) is 7.56. The molecule has 1 atom stereocenters. The summed E-state index contributed by atoms with van der Waals surface area (Å²) in [5.74, 6) is 0.416. The van der Waals surface area contributed by atoms with Gasteiger partial charge in [0.2, 0.25) is 5.84 Å². The Bertz CT molecular complexity index is 1320. The number of hydrazone groups is 1. The molecule has 1 aliphatic rings. The molecule has 7 nitrogen and oxygen atoms in total. The van der Waals surface area contributed by atoms with Gasteiger partial charge in [-0.05, 0) is 37.3 Å². The normalized spacial score (nSPS) is 15.6. The molecule has 0 saturated heterocycles. The third-order valence-corrected chi connectivity index (χ3v) is 5.62. The van der Waals surface area contributed by atoms with Crippen molar-refractivity contribution in [3.63, 3.8) is 0 Å². The fourth-order valence-electron chi connectivity index (χ4n) is 4.15. The molecule has 3 aromatic carbocycles. The van der Waals surface area contributed by atoms with Gasteiger partial charge in [-0.2, -0.15) is 0 Å². The first-order valence-electron chi connectivity index (χ1n) is 10.8. The number of hydrogen-bond donors (Lipinski definition) is 1. The lowest BCUT2D eigenvalue weighted by molar-refractivity contribution is -0.135. The minimum Gasteiger partial charge on any atom is -0.497 e. The number of anilines is 2. The lowest BCUT2D eigenvalue weighted by Gasteiger charge is -2.31. The minimum absolute atomic E-state index is 0.212. The van der Waals surface area contributed by atoms with Crippen molar-refractivity contribution in [1.82, 2.24) is 4.98 Å². The number of amidine groups is 1. The van der Waals surface area contributed by atoms with Crippen LogP contribution in [-0.4, -0.2) is 30.5 Å². The number of hydrogen-bond acceptors (Lipinski definition) is 6. The first-order chi connectivity index (χ1) is 16.2. The summed E-state index contributed by atoms with van der Waals surface area (Å²) in [5, 5.41) is 7.70. The molecule has 7 heteroatoms. The number of aromatic amines is 1. The third kappa shape index (κ3) is 3.67. The van der Waals surface area contributed by atoms with Gasteiger partial charge in [0.15, 0.2) is 6.17 Å². The zero-order valence-electron chi connectivity index (χ0n) is 18.4. The highest BCUT2D eigenvalue weighted by Crippen LogP contribution is 2.42. The van der Waals surface area contributed by atoms with Crippen molar-refractivity contribution < 1.29 is 14.3 Å². The quantitative estimate of drug-likeness (QED) is 0.424. The summed E-state index contributed by atoms with van der Waals surface area (Å²) >= 11 is 0. The molecule has 0 unspecified atom stereocenters. The molecule has 0 saturated carbocycles. The van der Waals surface area contributed by atoms with Crippen molar-refractivity contribution in [1.29, 1.82) is 0 Å². The third-order valence-electron chi connectivity index (χ3n) is 5.62. The maximum atomic E-state index is 13.1. The van der Waals surface area contributed by atoms with E-state index in [9.17, 15) is 4.79 Å². The molecule has 1 aromatic heterocycles. The van der Waals surface area contributed by atoms with Gasteiger partial charge in [-0.1, -0.05) is 42.5 Å². The zero-order valence-corrected chi connectivity index (χ0v) is 18.4. The second kappa shape index (κ2) is 8.70. The van der Waals surface area contributed by atoms with Crippen molar-refractivity contribution >= 4 is 34.1 Å². The molecule has 0 radical (unpaired) electrons. The maximum Gasteiger partial charge on any atom is 0.376 e. The number of nitrogens with one attached hydrogen (secondary N) is 1. The van der Waals surface area contributed by atoms with Gasteiger partial charge in [0.25, 0.3) is 0 Å². The van der Waals surface area contributed by atoms with Crippen LogP contribution < -0.4 is 14.6 Å². The van der Waals surface area contributed by atoms with Gasteiger partial charge >= 0.3 is 5.97 Å². The molecule has 0 aliphatic carbocycles. The Labute approximate surface area is 191 Å². The van der Waals surface area contributed by atoms with Gasteiger partial charge in [0.1, 0.15) is 5.75 Å². The number of H-pyrrole nitrogens is 1. The van der Waals surface area contributed by atoms with Crippen molar-refractivity contribution in [2.75, 3.05) is 23.6 Å². The Kier molecular flexibility index (Phi) is 5.44. The summed E-state index contributed by atoms with van der Waals surface area (Å²) in [6, 6.07) is 25.5. The number of esters is 1. The van der Waals surface area contributed by atoms with E-state index in [2.05, 4.69) is 11.1 Å². The van der Waals surface area contributed by atoms with E-state index in [1.165, 1.54) is 0 Å². The van der Waals surface area contributed by atoms with Crippen LogP contribution in [0.3, 0.4) is 0 Å². The summed E-state index contributed by atoms with van der Waals surface area (Å²) < 4.78 is 10.9. The smallest absolute Gasteiger partial charge is 0.376 e. The largest absolute Gasteiger partial charge is 0.497 e. The van der Waals surface area contributed by atoms with Crippen LogP contribution in [0, 0.1) is 0 Å². The van der Waals surface area contributed by atoms with Crippen molar-refractivity contribution in [3.05, 3.63) is 90.6 Å². The topological polar surface area (TPSA) is 70.2 Å². The molecule has 5 rings (SSSR count). The van der Waals surface area contributed by atoms with Crippen LogP contribution in [0.25, 0.3) is 10.9 Å². The second-order valence-corrected chi connectivity index (χ2v) is 7.56. The summed E-state index contributed by atoms with van der Waals surface area (Å²) in [4.78, 5) is 18.3. The SMILES string of the molecule is CCOC(=O)C1=NN(c2ccccc2)[C@@H](c2c[nH]c3ccccc23)N1c1cccc(OC)c1. The van der Waals surface area contributed by atoms with Crippen LogP contribution in [0.4, 0.5) is 11.4 Å². The number of fused-ring (bicyclic) bond motifs is 1. The van der Waals surface area contributed by atoms with E-state index in [0.717, 1.165) is 27.8 Å². The summed E-state index contributed by atoms with van der Waals surface area (Å²) in [6.45, 7) is 2.04. The maximum absolute atomic E-state index is 13.1. The number of rotatable bonds is 6. The minimum atomic E-state index is -0.483. The Hall–Kier alpha value is -4.26. The average Bonchev–Trinajstić information content (AvgIpc) is 3.46. The van der Waals surface area contributed by atoms with Crippen molar-refractivity contribution in [2.45, 2.75) is 13.1 Å². The van der Waals surface area contributed by atoms with Crippen LogP contribution in [0.1, 0.15) is 18.7 Å². The molecule has 1 aliphatic heterocycles. The monoisotopic (exact) mass is 440 g/mol. The van der Waals surface area contributed by atoms with E-state index in [-0.39, 0.29) is 12.4 Å². The number of benzene rings is 3. The fourth-order valence-corrected chi connectivity index (χ4v) is 4.15. The van der Waals surface area contributed by atoms with Crippen molar-refractivity contribution in [2.24, 2.45) is 5.10 Å². The van der Waals surface area contributed by atoms with Gasteiger partial charge in [-0.15, -0.1) is 5.10 Å². The molecule has 33 heavy (non-hydrogen) atoms. The standard InChI is InChI=1S/C26H24N4O3/c1-3-33-26(31)24-28-30(18-10-5-4-6-11-18)25(22-17-27-23-15-8-7-14-21(22)23)29(24)19-12-9-13-20(16-19)32-2/h4-17,25,27H,3H2,1-2H3/t25-/m0/s1. The molecule has 1 N–H and O–H groups in total. The Morgan fingerprint density at radius 1 is 1.00 bits per heavy atom. The van der Waals surface area contributed by atoms with E-state index >= 15 is 0 Å². The predicted molar refractivity (Wildman–Crippen MR) is 130 cm³/mol. The molecular formula is C26H24N4O3. The van der Waals surface area contributed by atoms with Crippen LogP contribution in [-0.2, 0) is 9.53 Å². The van der Waals surface area contributed by atoms with Crippen LogP contribution in [0.5, 0.6) is 5.75 Å². The van der Waals surface area contributed by atoms with Crippen LogP contribution in [0.15, 0.2) is 90.2 Å². The zero-order chi connectivity index (χ0) is 22.8. The van der Waals surface area contributed by atoms with Crippen LogP contribution in [0.2, 0.25) is 0 Å². The summed E-state index contributed by atoms with van der Waals surface area (Å²) in [5.41, 5.74) is 3.63. The molecule has 0 spiro atoms. The first kappa shape index (κ1) is 20.6. The predicted octanol–water partition coefficient (Wildman–Crippen LogP) is 5.08. The highest BCUT2D eigenvalue weighted by molar-refractivity contribution is 6.42. The van der Waals surface area contributed by atoms with Crippen molar-refractivity contribution in [3.8, 4) is 5.75 Å². The highest BCUT2D eigenvalue weighted by Gasteiger charge is 2.42. The van der Waals surface area contributed by atoms with Gasteiger partial charge in [0.05, 0.1) is 19.4 Å². The van der Waals surface area contributed by atoms with Gasteiger partial charge in [-0.3, -0.25) is 4.90 Å². The average molecular weight is 441 g/mol. The number of ether oxygens (including phenoxy) is 2. The Balaban J connectivity index is 1.74. The highest BCUT2D eigenvalue weighted by atomic mass is 16.5. The number of methoxy groups -OCH3 is 1. The van der Waals surface area contributed by atoms with E-state index in [0.29, 0.717) is 5.75 Å². The molecular weight excluding hydrogens is 416 g/mol. The molecule has 0 amide bonds. The molecule has 0 bridgehead atoms. The molecule has 0 fully saturated rings. The van der Waals surface area contributed by atoms with E-state index in [4.69, 9.17) is 14.6 Å². The number of para-hydroxylation sites is 2. The van der Waals surface area contributed by atoms with Gasteiger partial charge < -0.3 is 14.5 Å². The Morgan fingerprint density at radius 3 is 2.55 bits per heavy atom. The number of aromatic nitrogens is 1. The number of nitrogens with zero attached hydrogens (tertiary/aromatic N) is 3.